The Hall–Kier alpha value is -0.120. The maximum Gasteiger partial charge on any atom is 0.0977 e. The van der Waals surface area contributed by atoms with Gasteiger partial charge in [0.2, 0.25) is 0 Å². The van der Waals surface area contributed by atoms with Crippen LogP contribution in [0.5, 0.6) is 0 Å². The minimum Gasteiger partial charge on any atom is -0.386 e. The van der Waals surface area contributed by atoms with E-state index in [0.717, 1.165) is 0 Å². The highest BCUT2D eigenvalue weighted by Gasteiger charge is 2.23. The van der Waals surface area contributed by atoms with Gasteiger partial charge in [-0.15, -0.1) is 0 Å². The van der Waals surface area contributed by atoms with E-state index in [1.54, 1.807) is 14.0 Å². The fourth-order valence-electron chi connectivity index (χ4n) is 1.08. The summed E-state index contributed by atoms with van der Waals surface area (Å²) in [5, 5.41) is 9.77. The van der Waals surface area contributed by atoms with E-state index < -0.39 is 5.60 Å². The van der Waals surface area contributed by atoms with E-state index in [0.29, 0.717) is 19.2 Å². The second-order valence-electron chi connectivity index (χ2n) is 3.94. The van der Waals surface area contributed by atoms with Crippen molar-refractivity contribution in [3.8, 4) is 0 Å². The Morgan fingerprint density at radius 1 is 1.50 bits per heavy atom. The van der Waals surface area contributed by atoms with E-state index in [2.05, 4.69) is 18.7 Å². The molecule has 0 saturated heterocycles. The average Bonchev–Trinajstić information content (AvgIpc) is 1.85. The number of nitrogens with zero attached hydrogens (tertiary/aromatic N) is 1. The quantitative estimate of drug-likeness (QED) is 0.668. The van der Waals surface area contributed by atoms with Gasteiger partial charge in [-0.2, -0.15) is 0 Å². The molecule has 0 spiro atoms. The number of likely N-dealkylation sites (N-methyl/N-ethyl adjacent to an activating group) is 1. The van der Waals surface area contributed by atoms with Gasteiger partial charge in [-0.3, -0.25) is 0 Å². The highest BCUT2D eigenvalue weighted by molar-refractivity contribution is 4.76. The van der Waals surface area contributed by atoms with Gasteiger partial charge in [-0.05, 0) is 27.8 Å². The van der Waals surface area contributed by atoms with Crippen LogP contribution >= 0.6 is 0 Å². The molecule has 74 valence electrons. The first-order valence-corrected chi connectivity index (χ1v) is 4.30. The highest BCUT2D eigenvalue weighted by atomic mass is 16.5. The van der Waals surface area contributed by atoms with Gasteiger partial charge in [0, 0.05) is 19.7 Å². The lowest BCUT2D eigenvalue weighted by atomic mass is 10.1. The molecule has 0 aliphatic heterocycles. The third-order valence-electron chi connectivity index (χ3n) is 1.93. The van der Waals surface area contributed by atoms with Crippen molar-refractivity contribution in [3.05, 3.63) is 0 Å². The molecule has 0 heterocycles. The molecule has 0 aliphatic rings. The summed E-state index contributed by atoms with van der Waals surface area (Å²) in [4.78, 5) is 2.10. The first-order chi connectivity index (χ1) is 5.39. The Labute approximate surface area is 75.3 Å². The van der Waals surface area contributed by atoms with Crippen LogP contribution in [-0.2, 0) is 4.74 Å². The fourth-order valence-corrected chi connectivity index (χ4v) is 1.08. The molecule has 0 rings (SSSR count). The predicted octanol–water partition coefficient (Wildman–Crippen LogP) is 0.724. The summed E-state index contributed by atoms with van der Waals surface area (Å²) in [6.45, 7) is 7.00. The molecule has 1 N–H and O–H groups in total. The molecule has 0 aliphatic carbocycles. The van der Waals surface area contributed by atoms with Crippen molar-refractivity contribution in [1.82, 2.24) is 4.90 Å². The molecule has 12 heavy (non-hydrogen) atoms. The molecular weight excluding hydrogens is 154 g/mol. The Balaban J connectivity index is 3.87. The predicted molar refractivity (Wildman–Crippen MR) is 50.3 cm³/mol. The van der Waals surface area contributed by atoms with Gasteiger partial charge in [-0.1, -0.05) is 0 Å². The zero-order valence-electron chi connectivity index (χ0n) is 8.79. The topological polar surface area (TPSA) is 32.7 Å². The van der Waals surface area contributed by atoms with Gasteiger partial charge in [-0.25, -0.2) is 0 Å². The van der Waals surface area contributed by atoms with E-state index in [1.165, 1.54) is 0 Å². The molecule has 0 aromatic heterocycles. The summed E-state index contributed by atoms with van der Waals surface area (Å²) in [5.41, 5.74) is -0.742. The van der Waals surface area contributed by atoms with Crippen molar-refractivity contribution >= 4 is 0 Å². The van der Waals surface area contributed by atoms with Crippen LogP contribution < -0.4 is 0 Å². The molecule has 0 saturated carbocycles. The largest absolute Gasteiger partial charge is 0.386 e. The van der Waals surface area contributed by atoms with Crippen molar-refractivity contribution in [1.29, 1.82) is 0 Å². The molecule has 0 radical (unpaired) electrons. The molecule has 0 fully saturated rings. The van der Waals surface area contributed by atoms with Gasteiger partial charge in [0.15, 0.2) is 0 Å². The third kappa shape index (κ3) is 4.70. The SMILES string of the molecule is COCC(C)(O)CN(C)C(C)C. The molecule has 1 unspecified atom stereocenters. The molecular formula is C9H21NO2. The molecule has 3 heteroatoms. The molecule has 3 nitrogen and oxygen atoms in total. The number of aliphatic hydroxyl groups is 1. The van der Waals surface area contributed by atoms with Crippen molar-refractivity contribution < 1.29 is 9.84 Å². The summed E-state index contributed by atoms with van der Waals surface area (Å²) < 4.78 is 4.91. The van der Waals surface area contributed by atoms with Crippen molar-refractivity contribution in [2.24, 2.45) is 0 Å². The molecule has 0 aromatic carbocycles. The fraction of sp³-hybridized carbons (Fsp3) is 1.00. The lowest BCUT2D eigenvalue weighted by Gasteiger charge is -2.30. The van der Waals surface area contributed by atoms with Crippen LogP contribution in [0.3, 0.4) is 0 Å². The monoisotopic (exact) mass is 175 g/mol. The van der Waals surface area contributed by atoms with Gasteiger partial charge in [0.05, 0.1) is 12.2 Å². The number of methoxy groups -OCH3 is 1. The van der Waals surface area contributed by atoms with E-state index in [1.807, 2.05) is 7.05 Å². The normalized spacial score (nSPS) is 17.0. The van der Waals surface area contributed by atoms with Gasteiger partial charge in [0.1, 0.15) is 0 Å². The van der Waals surface area contributed by atoms with Crippen LogP contribution in [0.25, 0.3) is 0 Å². The molecule has 0 bridgehead atoms. The van der Waals surface area contributed by atoms with E-state index in [4.69, 9.17) is 4.74 Å². The minimum atomic E-state index is -0.742. The Kier molecular flexibility index (Phi) is 4.75. The first-order valence-electron chi connectivity index (χ1n) is 4.30. The lowest BCUT2D eigenvalue weighted by molar-refractivity contribution is -0.0398. The van der Waals surface area contributed by atoms with Crippen LogP contribution in [0, 0.1) is 0 Å². The first kappa shape index (κ1) is 11.9. The summed E-state index contributed by atoms with van der Waals surface area (Å²) >= 11 is 0. The van der Waals surface area contributed by atoms with Crippen molar-refractivity contribution in [2.75, 3.05) is 27.3 Å². The van der Waals surface area contributed by atoms with E-state index in [9.17, 15) is 5.11 Å². The second kappa shape index (κ2) is 4.80. The van der Waals surface area contributed by atoms with E-state index >= 15 is 0 Å². The van der Waals surface area contributed by atoms with Crippen LogP contribution in [0.15, 0.2) is 0 Å². The highest BCUT2D eigenvalue weighted by Crippen LogP contribution is 2.07. The van der Waals surface area contributed by atoms with Crippen LogP contribution in [-0.4, -0.2) is 49.0 Å². The Morgan fingerprint density at radius 3 is 2.33 bits per heavy atom. The number of rotatable bonds is 5. The standard InChI is InChI=1S/C9H21NO2/c1-8(2)10(4)6-9(3,11)7-12-5/h8,11H,6-7H2,1-5H3. The minimum absolute atomic E-state index is 0.379. The summed E-state index contributed by atoms with van der Waals surface area (Å²) in [5.74, 6) is 0. The summed E-state index contributed by atoms with van der Waals surface area (Å²) in [6, 6.07) is 0.452. The number of hydrogen-bond donors (Lipinski definition) is 1. The third-order valence-corrected chi connectivity index (χ3v) is 1.93. The van der Waals surface area contributed by atoms with Crippen molar-refractivity contribution in [2.45, 2.75) is 32.4 Å². The van der Waals surface area contributed by atoms with E-state index in [-0.39, 0.29) is 0 Å². The van der Waals surface area contributed by atoms with Crippen LogP contribution in [0.4, 0.5) is 0 Å². The zero-order valence-corrected chi connectivity index (χ0v) is 8.79. The molecule has 1 atom stereocenters. The van der Waals surface area contributed by atoms with Gasteiger partial charge >= 0.3 is 0 Å². The van der Waals surface area contributed by atoms with Crippen molar-refractivity contribution in [3.63, 3.8) is 0 Å². The maximum absolute atomic E-state index is 9.77. The van der Waals surface area contributed by atoms with Crippen LogP contribution in [0.2, 0.25) is 0 Å². The zero-order chi connectivity index (χ0) is 9.78. The summed E-state index contributed by atoms with van der Waals surface area (Å²) in [6.07, 6.45) is 0. The maximum atomic E-state index is 9.77. The molecule has 0 amide bonds. The van der Waals surface area contributed by atoms with Crippen LogP contribution in [0.1, 0.15) is 20.8 Å². The summed E-state index contributed by atoms with van der Waals surface area (Å²) in [7, 11) is 3.60. The Morgan fingerprint density at radius 2 is 2.00 bits per heavy atom. The number of ether oxygens (including phenoxy) is 1. The van der Waals surface area contributed by atoms with Gasteiger partial charge in [0.25, 0.3) is 0 Å². The second-order valence-corrected chi connectivity index (χ2v) is 3.94. The number of hydrogen-bond acceptors (Lipinski definition) is 3. The lowest BCUT2D eigenvalue weighted by Crippen LogP contribution is -2.44. The Bertz CT molecular complexity index is 124. The average molecular weight is 175 g/mol. The van der Waals surface area contributed by atoms with Gasteiger partial charge < -0.3 is 14.7 Å². The molecule has 0 aromatic rings. The smallest absolute Gasteiger partial charge is 0.0977 e.